The normalized spacial score (nSPS) is 26.8. The topological polar surface area (TPSA) is 67.5 Å². The SMILES string of the molecule is Nc1ccc(C(=O)N/N=C2/C[C@@H]3C=CC[C@@H]23)cc1. The number of hydrazone groups is 1. The fourth-order valence-electron chi connectivity index (χ4n) is 2.48. The van der Waals surface area contributed by atoms with Crippen LogP contribution in [0.2, 0.25) is 0 Å². The number of carbonyl (C=O) groups is 1. The molecule has 1 saturated carbocycles. The summed E-state index contributed by atoms with van der Waals surface area (Å²) >= 11 is 0. The summed E-state index contributed by atoms with van der Waals surface area (Å²) in [6, 6.07) is 6.82. The van der Waals surface area contributed by atoms with Gasteiger partial charge in [-0.25, -0.2) is 5.43 Å². The van der Waals surface area contributed by atoms with Crippen LogP contribution < -0.4 is 11.2 Å². The Kier molecular flexibility index (Phi) is 2.63. The molecule has 0 spiro atoms. The summed E-state index contributed by atoms with van der Waals surface area (Å²) in [6.45, 7) is 0. The highest BCUT2D eigenvalue weighted by Gasteiger charge is 2.37. The van der Waals surface area contributed by atoms with Crippen LogP contribution in [0.1, 0.15) is 23.2 Å². The van der Waals surface area contributed by atoms with Crippen LogP contribution >= 0.6 is 0 Å². The zero-order valence-electron chi connectivity index (χ0n) is 9.97. The first-order valence-corrected chi connectivity index (χ1v) is 6.13. The number of hydrogen-bond donors (Lipinski definition) is 2. The van der Waals surface area contributed by atoms with Crippen molar-refractivity contribution < 1.29 is 4.79 Å². The molecule has 92 valence electrons. The smallest absolute Gasteiger partial charge is 0.271 e. The molecule has 0 radical (unpaired) electrons. The molecular formula is C14H15N3O. The molecule has 18 heavy (non-hydrogen) atoms. The summed E-state index contributed by atoms with van der Waals surface area (Å²) in [5.74, 6) is 0.991. The third-order valence-corrected chi connectivity index (χ3v) is 3.64. The Bertz CT molecular complexity index is 530. The molecule has 4 nitrogen and oxygen atoms in total. The molecule has 3 rings (SSSR count). The first kappa shape index (κ1) is 11.0. The van der Waals surface area contributed by atoms with Gasteiger partial charge in [-0.05, 0) is 43.0 Å². The van der Waals surface area contributed by atoms with Gasteiger partial charge in [0.15, 0.2) is 0 Å². The zero-order valence-corrected chi connectivity index (χ0v) is 9.97. The van der Waals surface area contributed by atoms with E-state index in [1.165, 1.54) is 0 Å². The third kappa shape index (κ3) is 1.90. The van der Waals surface area contributed by atoms with Gasteiger partial charge in [0.05, 0.1) is 0 Å². The van der Waals surface area contributed by atoms with Crippen molar-refractivity contribution >= 4 is 17.3 Å². The lowest BCUT2D eigenvalue weighted by atomic mass is 9.74. The molecule has 1 amide bonds. The van der Waals surface area contributed by atoms with Gasteiger partial charge < -0.3 is 5.73 Å². The molecule has 2 aliphatic rings. The molecule has 1 aromatic carbocycles. The number of nitrogen functional groups attached to an aromatic ring is 1. The summed E-state index contributed by atoms with van der Waals surface area (Å²) in [6.07, 6.45) is 6.47. The summed E-state index contributed by atoms with van der Waals surface area (Å²) in [5, 5.41) is 4.22. The summed E-state index contributed by atoms with van der Waals surface area (Å²) in [7, 11) is 0. The Hall–Kier alpha value is -2.10. The number of rotatable bonds is 2. The minimum absolute atomic E-state index is 0.183. The van der Waals surface area contributed by atoms with Crippen molar-refractivity contribution in [2.45, 2.75) is 12.8 Å². The van der Waals surface area contributed by atoms with Crippen LogP contribution in [-0.4, -0.2) is 11.6 Å². The number of nitrogens with one attached hydrogen (secondary N) is 1. The van der Waals surface area contributed by atoms with E-state index in [9.17, 15) is 4.79 Å². The number of nitrogens with zero attached hydrogens (tertiary/aromatic N) is 1. The molecule has 0 saturated heterocycles. The number of benzene rings is 1. The van der Waals surface area contributed by atoms with E-state index in [4.69, 9.17) is 5.73 Å². The largest absolute Gasteiger partial charge is 0.399 e. The van der Waals surface area contributed by atoms with Gasteiger partial charge in [-0.15, -0.1) is 0 Å². The van der Waals surface area contributed by atoms with Crippen LogP contribution in [0.3, 0.4) is 0 Å². The van der Waals surface area contributed by atoms with Gasteiger partial charge in [-0.1, -0.05) is 12.2 Å². The monoisotopic (exact) mass is 241 g/mol. The average Bonchev–Trinajstić information content (AvgIpc) is 2.72. The van der Waals surface area contributed by atoms with Crippen LogP contribution in [0.15, 0.2) is 41.5 Å². The zero-order chi connectivity index (χ0) is 12.5. The van der Waals surface area contributed by atoms with Crippen molar-refractivity contribution in [2.75, 3.05) is 5.73 Å². The lowest BCUT2D eigenvalue weighted by Crippen LogP contribution is -2.35. The standard InChI is InChI=1S/C14H15N3O/c15-11-6-4-9(5-7-11)14(18)17-16-13-8-10-2-1-3-12(10)13/h1-2,4-7,10,12H,3,8,15H2,(H,17,18)/b16-13-/t10-,12+/m0/s1. The Labute approximate surface area is 106 Å². The van der Waals surface area contributed by atoms with E-state index in [1.807, 2.05) is 0 Å². The molecule has 2 atom stereocenters. The fraction of sp³-hybridized carbons (Fsp3) is 0.286. The molecular weight excluding hydrogens is 226 g/mol. The van der Waals surface area contributed by atoms with Gasteiger partial charge in [0.25, 0.3) is 5.91 Å². The fourth-order valence-corrected chi connectivity index (χ4v) is 2.48. The van der Waals surface area contributed by atoms with Crippen molar-refractivity contribution in [3.63, 3.8) is 0 Å². The Morgan fingerprint density at radius 2 is 2.11 bits per heavy atom. The van der Waals surface area contributed by atoms with E-state index in [-0.39, 0.29) is 5.91 Å². The molecule has 0 unspecified atom stereocenters. The highest BCUT2D eigenvalue weighted by molar-refractivity contribution is 5.98. The highest BCUT2D eigenvalue weighted by Crippen LogP contribution is 2.40. The predicted octanol–water partition coefficient (Wildman–Crippen LogP) is 1.95. The van der Waals surface area contributed by atoms with Crippen molar-refractivity contribution in [3.05, 3.63) is 42.0 Å². The van der Waals surface area contributed by atoms with Gasteiger partial charge in [0.2, 0.25) is 0 Å². The first-order chi connectivity index (χ1) is 8.74. The molecule has 0 aromatic heterocycles. The number of allylic oxidation sites excluding steroid dienone is 2. The number of anilines is 1. The maximum absolute atomic E-state index is 11.8. The van der Waals surface area contributed by atoms with Gasteiger partial charge in [0.1, 0.15) is 0 Å². The number of hydrogen-bond acceptors (Lipinski definition) is 3. The van der Waals surface area contributed by atoms with Crippen LogP contribution in [-0.2, 0) is 0 Å². The van der Waals surface area contributed by atoms with E-state index in [0.717, 1.165) is 18.6 Å². The number of fused-ring (bicyclic) bond motifs is 1. The van der Waals surface area contributed by atoms with Crippen molar-refractivity contribution in [1.82, 2.24) is 5.43 Å². The summed E-state index contributed by atoms with van der Waals surface area (Å²) < 4.78 is 0. The molecule has 3 N–H and O–H groups in total. The summed E-state index contributed by atoms with van der Waals surface area (Å²) in [5.41, 5.74) is 10.5. The van der Waals surface area contributed by atoms with Gasteiger partial charge >= 0.3 is 0 Å². The summed E-state index contributed by atoms with van der Waals surface area (Å²) in [4.78, 5) is 11.8. The van der Waals surface area contributed by atoms with E-state index < -0.39 is 0 Å². The van der Waals surface area contributed by atoms with Crippen molar-refractivity contribution in [1.29, 1.82) is 0 Å². The maximum atomic E-state index is 11.8. The molecule has 0 bridgehead atoms. The molecule has 0 aliphatic heterocycles. The van der Waals surface area contributed by atoms with Crippen molar-refractivity contribution in [3.8, 4) is 0 Å². The van der Waals surface area contributed by atoms with E-state index >= 15 is 0 Å². The van der Waals surface area contributed by atoms with E-state index in [0.29, 0.717) is 23.1 Å². The van der Waals surface area contributed by atoms with E-state index in [1.54, 1.807) is 24.3 Å². The lowest BCUT2D eigenvalue weighted by molar-refractivity contribution is 0.0954. The highest BCUT2D eigenvalue weighted by atomic mass is 16.2. The van der Waals surface area contributed by atoms with Crippen LogP contribution in [0.4, 0.5) is 5.69 Å². The third-order valence-electron chi connectivity index (χ3n) is 3.64. The second-order valence-corrected chi connectivity index (χ2v) is 4.80. The van der Waals surface area contributed by atoms with Gasteiger partial charge in [-0.3, -0.25) is 4.79 Å². The quantitative estimate of drug-likeness (QED) is 0.472. The molecule has 1 fully saturated rings. The maximum Gasteiger partial charge on any atom is 0.271 e. The van der Waals surface area contributed by atoms with Gasteiger partial charge in [-0.2, -0.15) is 5.10 Å². The number of amides is 1. The van der Waals surface area contributed by atoms with Crippen LogP contribution in [0, 0.1) is 11.8 Å². The molecule has 1 aromatic rings. The second kappa shape index (κ2) is 4.29. The minimum atomic E-state index is -0.183. The number of carbonyl (C=O) groups excluding carboxylic acids is 1. The average molecular weight is 241 g/mol. The van der Waals surface area contributed by atoms with Crippen molar-refractivity contribution in [2.24, 2.45) is 16.9 Å². The number of nitrogens with two attached hydrogens (primary N) is 1. The van der Waals surface area contributed by atoms with Crippen LogP contribution in [0.5, 0.6) is 0 Å². The minimum Gasteiger partial charge on any atom is -0.399 e. The first-order valence-electron chi connectivity index (χ1n) is 6.13. The Morgan fingerprint density at radius 3 is 2.83 bits per heavy atom. The molecule has 4 heteroatoms. The van der Waals surface area contributed by atoms with E-state index in [2.05, 4.69) is 22.7 Å². The second-order valence-electron chi connectivity index (χ2n) is 4.80. The molecule has 0 heterocycles. The lowest BCUT2D eigenvalue weighted by Gasteiger charge is -2.31. The Morgan fingerprint density at radius 1 is 1.33 bits per heavy atom. The Balaban J connectivity index is 1.62. The molecule has 2 aliphatic carbocycles. The van der Waals surface area contributed by atoms with Crippen LogP contribution in [0.25, 0.3) is 0 Å². The predicted molar refractivity (Wildman–Crippen MR) is 71.1 cm³/mol. The van der Waals surface area contributed by atoms with Gasteiger partial charge in [0, 0.05) is 22.9 Å².